The van der Waals surface area contributed by atoms with Crippen LogP contribution in [0.5, 0.6) is 11.5 Å². The highest BCUT2D eigenvalue weighted by Crippen LogP contribution is 2.38. The fraction of sp³-hybridized carbons (Fsp3) is 0.500. The van der Waals surface area contributed by atoms with Crippen LogP contribution in [0.4, 0.5) is 11.4 Å². The van der Waals surface area contributed by atoms with Crippen molar-refractivity contribution >= 4 is 11.4 Å². The molecule has 0 spiro atoms. The molecule has 0 saturated carbocycles. The molecule has 106 valence electrons. The molecule has 0 aliphatic rings. The van der Waals surface area contributed by atoms with Gasteiger partial charge in [0.25, 0.3) is 5.69 Å². The molecule has 7 nitrogen and oxygen atoms in total. The molecule has 0 unspecified atom stereocenters. The van der Waals surface area contributed by atoms with Gasteiger partial charge >= 0.3 is 0 Å². The fourth-order valence-corrected chi connectivity index (χ4v) is 1.54. The van der Waals surface area contributed by atoms with Crippen molar-refractivity contribution in [3.8, 4) is 11.5 Å². The lowest BCUT2D eigenvalue weighted by molar-refractivity contribution is -0.384. The van der Waals surface area contributed by atoms with Crippen LogP contribution in [0.2, 0.25) is 0 Å². The van der Waals surface area contributed by atoms with E-state index in [9.17, 15) is 10.1 Å². The molecule has 0 radical (unpaired) electrons. The summed E-state index contributed by atoms with van der Waals surface area (Å²) in [7, 11) is 2.90. The minimum atomic E-state index is -0.475. The first-order valence-corrected chi connectivity index (χ1v) is 5.73. The van der Waals surface area contributed by atoms with Crippen LogP contribution in [0.15, 0.2) is 12.1 Å². The molecule has 3 N–H and O–H groups in total. The maximum Gasteiger partial charge on any atom is 0.296 e. The number of benzene rings is 1. The highest BCUT2D eigenvalue weighted by molar-refractivity contribution is 5.69. The number of hydrogen-bond donors (Lipinski definition) is 2. The largest absolute Gasteiger partial charge is 0.493 e. The van der Waals surface area contributed by atoms with E-state index >= 15 is 0 Å². The molecule has 1 rings (SSSR count). The summed E-state index contributed by atoms with van der Waals surface area (Å²) in [4.78, 5) is 10.6. The topological polar surface area (TPSA) is 99.7 Å². The van der Waals surface area contributed by atoms with Crippen molar-refractivity contribution in [1.29, 1.82) is 0 Å². The van der Waals surface area contributed by atoms with Gasteiger partial charge in [0.05, 0.1) is 25.2 Å². The van der Waals surface area contributed by atoms with Crippen LogP contribution in [0.25, 0.3) is 0 Å². The first-order valence-electron chi connectivity index (χ1n) is 5.73. The molecule has 0 atom stereocenters. The molecule has 19 heavy (non-hydrogen) atoms. The second-order valence-electron chi connectivity index (χ2n) is 4.69. The van der Waals surface area contributed by atoms with Crippen LogP contribution < -0.4 is 20.5 Å². The predicted molar refractivity (Wildman–Crippen MR) is 73.0 cm³/mol. The van der Waals surface area contributed by atoms with Gasteiger partial charge in [0.15, 0.2) is 11.5 Å². The Bertz CT molecular complexity index is 474. The van der Waals surface area contributed by atoms with Crippen molar-refractivity contribution in [1.82, 2.24) is 0 Å². The number of hydrogen-bond acceptors (Lipinski definition) is 6. The number of methoxy groups -OCH3 is 2. The maximum absolute atomic E-state index is 11.1. The first kappa shape index (κ1) is 15.0. The number of nitro benzene ring substituents is 1. The molecular formula is C12H19N3O4. The highest BCUT2D eigenvalue weighted by Gasteiger charge is 2.24. The molecule has 0 aliphatic carbocycles. The molecule has 0 amide bonds. The Morgan fingerprint density at radius 2 is 1.84 bits per heavy atom. The molecule has 0 saturated heterocycles. The van der Waals surface area contributed by atoms with E-state index in [0.717, 1.165) is 0 Å². The number of nitrogens with zero attached hydrogens (tertiary/aromatic N) is 1. The van der Waals surface area contributed by atoms with Crippen LogP contribution in [0.1, 0.15) is 13.8 Å². The van der Waals surface area contributed by atoms with Crippen molar-refractivity contribution in [3.63, 3.8) is 0 Å². The average Bonchev–Trinajstić information content (AvgIpc) is 2.37. The SMILES string of the molecule is COc1cc(NC(C)(C)CN)c([N+](=O)[O-])cc1OC. The number of anilines is 1. The summed E-state index contributed by atoms with van der Waals surface area (Å²) in [6.07, 6.45) is 0. The average molecular weight is 269 g/mol. The molecule has 7 heteroatoms. The van der Waals surface area contributed by atoms with Crippen molar-refractivity contribution < 1.29 is 14.4 Å². The number of ether oxygens (including phenoxy) is 2. The van der Waals surface area contributed by atoms with Crippen molar-refractivity contribution in [2.24, 2.45) is 5.73 Å². The third kappa shape index (κ3) is 3.47. The van der Waals surface area contributed by atoms with E-state index in [1.54, 1.807) is 0 Å². The van der Waals surface area contributed by atoms with Gasteiger partial charge in [-0.15, -0.1) is 0 Å². The Labute approximate surface area is 111 Å². The van der Waals surface area contributed by atoms with Crippen LogP contribution >= 0.6 is 0 Å². The summed E-state index contributed by atoms with van der Waals surface area (Å²) in [5.41, 5.74) is 5.41. The van der Waals surface area contributed by atoms with Crippen LogP contribution in [-0.2, 0) is 0 Å². The monoisotopic (exact) mass is 269 g/mol. The molecule has 1 aromatic rings. The van der Waals surface area contributed by atoms with E-state index in [1.807, 2.05) is 13.8 Å². The maximum atomic E-state index is 11.1. The number of rotatable bonds is 6. The summed E-state index contributed by atoms with van der Waals surface area (Å²) in [6.45, 7) is 4.04. The molecule has 1 aromatic carbocycles. The highest BCUT2D eigenvalue weighted by atomic mass is 16.6. The number of nitro groups is 1. The van der Waals surface area contributed by atoms with Gasteiger partial charge < -0.3 is 20.5 Å². The molecule has 0 fully saturated rings. The lowest BCUT2D eigenvalue weighted by Crippen LogP contribution is -2.39. The Morgan fingerprint density at radius 3 is 2.26 bits per heavy atom. The van der Waals surface area contributed by atoms with Gasteiger partial charge in [-0.05, 0) is 13.8 Å². The van der Waals surface area contributed by atoms with E-state index in [1.165, 1.54) is 26.4 Å². The Morgan fingerprint density at radius 1 is 1.32 bits per heavy atom. The lowest BCUT2D eigenvalue weighted by atomic mass is 10.1. The van der Waals surface area contributed by atoms with Crippen LogP contribution in [-0.4, -0.2) is 31.2 Å². The van der Waals surface area contributed by atoms with Gasteiger partial charge in [0.1, 0.15) is 5.69 Å². The van der Waals surface area contributed by atoms with Crippen LogP contribution in [0.3, 0.4) is 0 Å². The van der Waals surface area contributed by atoms with Crippen molar-refractivity contribution in [2.75, 3.05) is 26.1 Å². The Balaban J connectivity index is 3.31. The van der Waals surface area contributed by atoms with E-state index in [-0.39, 0.29) is 5.69 Å². The minimum Gasteiger partial charge on any atom is -0.493 e. The normalized spacial score (nSPS) is 11.0. The fourth-order valence-electron chi connectivity index (χ4n) is 1.54. The molecule has 0 aliphatic heterocycles. The smallest absolute Gasteiger partial charge is 0.296 e. The lowest BCUT2D eigenvalue weighted by Gasteiger charge is -2.25. The second-order valence-corrected chi connectivity index (χ2v) is 4.69. The van der Waals surface area contributed by atoms with Gasteiger partial charge in [0.2, 0.25) is 0 Å². The van der Waals surface area contributed by atoms with E-state index < -0.39 is 10.5 Å². The second kappa shape index (κ2) is 5.75. The van der Waals surface area contributed by atoms with E-state index in [4.69, 9.17) is 15.2 Å². The van der Waals surface area contributed by atoms with Gasteiger partial charge in [-0.2, -0.15) is 0 Å². The Hall–Kier alpha value is -2.02. The third-order valence-electron chi connectivity index (χ3n) is 2.68. The first-order chi connectivity index (χ1) is 8.84. The summed E-state index contributed by atoms with van der Waals surface area (Å²) in [5.74, 6) is 0.730. The van der Waals surface area contributed by atoms with Crippen LogP contribution in [0, 0.1) is 10.1 Å². The van der Waals surface area contributed by atoms with E-state index in [2.05, 4.69) is 5.32 Å². The Kier molecular flexibility index (Phi) is 4.55. The van der Waals surface area contributed by atoms with Crippen molar-refractivity contribution in [3.05, 3.63) is 22.2 Å². The van der Waals surface area contributed by atoms with E-state index in [0.29, 0.717) is 23.7 Å². The summed E-state index contributed by atoms with van der Waals surface area (Å²) >= 11 is 0. The number of nitrogens with two attached hydrogens (primary N) is 1. The summed E-state index contributed by atoms with van der Waals surface area (Å²) < 4.78 is 10.2. The third-order valence-corrected chi connectivity index (χ3v) is 2.68. The predicted octanol–water partition coefficient (Wildman–Crippen LogP) is 1.76. The minimum absolute atomic E-state index is 0.0841. The zero-order valence-corrected chi connectivity index (χ0v) is 11.5. The van der Waals surface area contributed by atoms with Gasteiger partial charge in [-0.25, -0.2) is 0 Å². The molecule has 0 aromatic heterocycles. The summed E-state index contributed by atoms with van der Waals surface area (Å²) in [6, 6.07) is 2.86. The molecule has 0 bridgehead atoms. The zero-order chi connectivity index (χ0) is 14.6. The molecule has 0 heterocycles. The van der Waals surface area contributed by atoms with Gasteiger partial charge in [0, 0.05) is 18.2 Å². The summed E-state index contributed by atoms with van der Waals surface area (Å²) in [5, 5.41) is 14.1. The quantitative estimate of drug-likeness (QED) is 0.603. The number of nitrogens with one attached hydrogen (secondary N) is 1. The standard InChI is InChI=1S/C12H19N3O4/c1-12(2,7-13)14-8-5-10(18-3)11(19-4)6-9(8)15(16)17/h5-6,14H,7,13H2,1-4H3. The van der Waals surface area contributed by atoms with Gasteiger partial charge in [-0.1, -0.05) is 0 Å². The van der Waals surface area contributed by atoms with Gasteiger partial charge in [-0.3, -0.25) is 10.1 Å². The molecular weight excluding hydrogens is 250 g/mol. The zero-order valence-electron chi connectivity index (χ0n) is 11.5. The van der Waals surface area contributed by atoms with Crippen molar-refractivity contribution in [2.45, 2.75) is 19.4 Å².